The molecule has 8 nitrogen and oxygen atoms in total. The van der Waals surface area contributed by atoms with Crippen molar-refractivity contribution in [1.82, 2.24) is 29.3 Å². The molecule has 1 fully saturated rings. The Morgan fingerprint density at radius 2 is 1.85 bits per heavy atom. The standard InChI is InChI=1S/C16H22Cl2N6O2/c1-16(2,3)26-15(25)23-7-4-22(5-8-23)6-9-24-10-19-11-12(17)20-14(18)21-13(11)24/h10H,4-9H2,1-3H3. The largest absolute Gasteiger partial charge is 0.444 e. The average molecular weight is 401 g/mol. The van der Waals surface area contributed by atoms with Crippen LogP contribution in [0.3, 0.4) is 0 Å². The number of aromatic nitrogens is 4. The summed E-state index contributed by atoms with van der Waals surface area (Å²) in [4.78, 5) is 28.5. The van der Waals surface area contributed by atoms with E-state index in [-0.39, 0.29) is 16.5 Å². The molecule has 0 bridgehead atoms. The summed E-state index contributed by atoms with van der Waals surface area (Å²) in [7, 11) is 0. The molecule has 3 rings (SSSR count). The zero-order chi connectivity index (χ0) is 18.9. The van der Waals surface area contributed by atoms with E-state index in [2.05, 4.69) is 19.9 Å². The van der Waals surface area contributed by atoms with Crippen molar-refractivity contribution < 1.29 is 9.53 Å². The molecule has 10 heteroatoms. The van der Waals surface area contributed by atoms with Gasteiger partial charge in [-0.25, -0.2) is 14.8 Å². The quantitative estimate of drug-likeness (QED) is 0.582. The van der Waals surface area contributed by atoms with E-state index in [9.17, 15) is 4.79 Å². The Morgan fingerprint density at radius 3 is 2.50 bits per heavy atom. The number of carbonyl (C=O) groups is 1. The molecule has 1 aliphatic rings. The van der Waals surface area contributed by atoms with Gasteiger partial charge in [-0.3, -0.25) is 4.90 Å². The van der Waals surface area contributed by atoms with Gasteiger partial charge in [0.25, 0.3) is 0 Å². The second kappa shape index (κ2) is 7.54. The summed E-state index contributed by atoms with van der Waals surface area (Å²) in [5.74, 6) is 0. The first-order chi connectivity index (χ1) is 12.2. The van der Waals surface area contributed by atoms with Crippen LogP contribution in [0.5, 0.6) is 0 Å². The summed E-state index contributed by atoms with van der Waals surface area (Å²) in [6, 6.07) is 0. The molecule has 0 N–H and O–H groups in total. The summed E-state index contributed by atoms with van der Waals surface area (Å²) < 4.78 is 7.33. The first-order valence-electron chi connectivity index (χ1n) is 8.47. The van der Waals surface area contributed by atoms with E-state index in [1.807, 2.05) is 25.3 Å². The molecular formula is C16H22Cl2N6O2. The Morgan fingerprint density at radius 1 is 1.15 bits per heavy atom. The zero-order valence-corrected chi connectivity index (χ0v) is 16.6. The molecule has 1 saturated heterocycles. The van der Waals surface area contributed by atoms with E-state index in [0.717, 1.165) is 19.6 Å². The van der Waals surface area contributed by atoms with E-state index < -0.39 is 5.60 Å². The van der Waals surface area contributed by atoms with Crippen LogP contribution in [-0.2, 0) is 11.3 Å². The maximum absolute atomic E-state index is 12.1. The number of amides is 1. The van der Waals surface area contributed by atoms with Crippen LogP contribution >= 0.6 is 23.2 Å². The van der Waals surface area contributed by atoms with Gasteiger partial charge >= 0.3 is 6.09 Å². The van der Waals surface area contributed by atoms with Gasteiger partial charge in [0.15, 0.2) is 10.8 Å². The minimum atomic E-state index is -0.471. The fourth-order valence-corrected chi connectivity index (χ4v) is 3.20. The lowest BCUT2D eigenvalue weighted by Crippen LogP contribution is -2.50. The Balaban J connectivity index is 1.54. The second-order valence-corrected chi connectivity index (χ2v) is 7.90. The summed E-state index contributed by atoms with van der Waals surface area (Å²) in [6.45, 7) is 10.0. The summed E-state index contributed by atoms with van der Waals surface area (Å²) >= 11 is 11.9. The van der Waals surface area contributed by atoms with Crippen LogP contribution in [0.2, 0.25) is 10.4 Å². The minimum Gasteiger partial charge on any atom is -0.444 e. The second-order valence-electron chi connectivity index (χ2n) is 7.20. The van der Waals surface area contributed by atoms with Gasteiger partial charge in [-0.2, -0.15) is 4.98 Å². The average Bonchev–Trinajstić information content (AvgIpc) is 2.95. The molecule has 142 valence electrons. The predicted molar refractivity (Wildman–Crippen MR) is 99.6 cm³/mol. The Bertz CT molecular complexity index is 796. The SMILES string of the molecule is CC(C)(C)OC(=O)N1CCN(CCn2cnc3c(Cl)nc(Cl)nc32)CC1. The highest BCUT2D eigenvalue weighted by atomic mass is 35.5. The van der Waals surface area contributed by atoms with Gasteiger partial charge in [0.05, 0.1) is 6.33 Å². The number of piperazine rings is 1. The van der Waals surface area contributed by atoms with Gasteiger partial charge in [0.2, 0.25) is 5.28 Å². The lowest BCUT2D eigenvalue weighted by Gasteiger charge is -2.35. The van der Waals surface area contributed by atoms with E-state index in [1.165, 1.54) is 0 Å². The minimum absolute atomic E-state index is 0.107. The predicted octanol–water partition coefficient (Wildman–Crippen LogP) is 2.69. The fourth-order valence-electron chi connectivity index (χ4n) is 2.78. The van der Waals surface area contributed by atoms with Crippen molar-refractivity contribution in [3.63, 3.8) is 0 Å². The molecule has 0 aliphatic carbocycles. The van der Waals surface area contributed by atoms with Crippen LogP contribution < -0.4 is 0 Å². The van der Waals surface area contributed by atoms with E-state index in [1.54, 1.807) is 11.2 Å². The van der Waals surface area contributed by atoms with Gasteiger partial charge < -0.3 is 14.2 Å². The number of halogens is 2. The number of hydrogen-bond donors (Lipinski definition) is 0. The number of carbonyl (C=O) groups excluding carboxylic acids is 1. The lowest BCUT2D eigenvalue weighted by atomic mass is 10.2. The maximum Gasteiger partial charge on any atom is 0.410 e. The summed E-state index contributed by atoms with van der Waals surface area (Å²) in [5, 5.41) is 0.361. The number of fused-ring (bicyclic) bond motifs is 1. The number of hydrogen-bond acceptors (Lipinski definition) is 6. The number of rotatable bonds is 3. The van der Waals surface area contributed by atoms with E-state index in [4.69, 9.17) is 27.9 Å². The monoisotopic (exact) mass is 400 g/mol. The molecule has 26 heavy (non-hydrogen) atoms. The molecule has 0 radical (unpaired) electrons. The normalized spacial score (nSPS) is 16.3. The van der Waals surface area contributed by atoms with Crippen molar-refractivity contribution in [2.24, 2.45) is 0 Å². The molecule has 0 atom stereocenters. The number of ether oxygens (including phenoxy) is 1. The third-order valence-electron chi connectivity index (χ3n) is 4.08. The number of imidazole rings is 1. The topological polar surface area (TPSA) is 76.4 Å². The molecule has 1 amide bonds. The van der Waals surface area contributed by atoms with Gasteiger partial charge in [0.1, 0.15) is 11.1 Å². The molecule has 2 aromatic rings. The van der Waals surface area contributed by atoms with Gasteiger partial charge in [-0.05, 0) is 32.4 Å². The summed E-state index contributed by atoms with van der Waals surface area (Å²) in [6.07, 6.45) is 1.44. The van der Waals surface area contributed by atoms with Crippen LogP contribution in [0.25, 0.3) is 11.2 Å². The highest BCUT2D eigenvalue weighted by Gasteiger charge is 2.25. The number of nitrogens with zero attached hydrogens (tertiary/aromatic N) is 6. The van der Waals surface area contributed by atoms with Crippen molar-refractivity contribution in [3.05, 3.63) is 16.8 Å². The molecular weight excluding hydrogens is 379 g/mol. The highest BCUT2D eigenvalue weighted by molar-refractivity contribution is 6.35. The summed E-state index contributed by atoms with van der Waals surface area (Å²) in [5.41, 5.74) is 0.703. The first kappa shape index (κ1) is 19.1. The third-order valence-corrected chi connectivity index (χ3v) is 4.51. The van der Waals surface area contributed by atoms with Crippen LogP contribution in [0.1, 0.15) is 20.8 Å². The van der Waals surface area contributed by atoms with Crippen LogP contribution in [-0.4, -0.2) is 73.7 Å². The Kier molecular flexibility index (Phi) is 5.55. The van der Waals surface area contributed by atoms with Crippen molar-refractivity contribution in [3.8, 4) is 0 Å². The van der Waals surface area contributed by atoms with Crippen molar-refractivity contribution in [1.29, 1.82) is 0 Å². The molecule has 2 aromatic heterocycles. The smallest absolute Gasteiger partial charge is 0.410 e. The van der Waals surface area contributed by atoms with Gasteiger partial charge in [-0.1, -0.05) is 11.6 Å². The highest BCUT2D eigenvalue weighted by Crippen LogP contribution is 2.20. The van der Waals surface area contributed by atoms with E-state index in [0.29, 0.717) is 30.8 Å². The molecule has 0 saturated carbocycles. The van der Waals surface area contributed by atoms with Crippen LogP contribution in [0.4, 0.5) is 4.79 Å². The fraction of sp³-hybridized carbons (Fsp3) is 0.625. The molecule has 0 aromatic carbocycles. The van der Waals surface area contributed by atoms with Gasteiger partial charge in [0, 0.05) is 39.3 Å². The van der Waals surface area contributed by atoms with E-state index >= 15 is 0 Å². The molecule has 1 aliphatic heterocycles. The Labute approximate surface area is 162 Å². The van der Waals surface area contributed by atoms with Crippen molar-refractivity contribution >= 4 is 40.5 Å². The van der Waals surface area contributed by atoms with Crippen molar-refractivity contribution in [2.75, 3.05) is 32.7 Å². The molecule has 0 unspecified atom stereocenters. The zero-order valence-electron chi connectivity index (χ0n) is 15.1. The van der Waals surface area contributed by atoms with Crippen LogP contribution in [0.15, 0.2) is 6.33 Å². The lowest BCUT2D eigenvalue weighted by molar-refractivity contribution is 0.0143. The van der Waals surface area contributed by atoms with Crippen molar-refractivity contribution in [2.45, 2.75) is 32.9 Å². The molecule has 0 spiro atoms. The van der Waals surface area contributed by atoms with Crippen LogP contribution in [0, 0.1) is 0 Å². The third kappa shape index (κ3) is 4.55. The molecule has 3 heterocycles. The Hall–Kier alpha value is -1.64. The first-order valence-corrected chi connectivity index (χ1v) is 9.23. The van der Waals surface area contributed by atoms with Gasteiger partial charge in [-0.15, -0.1) is 0 Å². The maximum atomic E-state index is 12.1.